The van der Waals surface area contributed by atoms with Gasteiger partial charge in [-0.3, -0.25) is 9.88 Å². The molecule has 0 saturated heterocycles. The molecule has 0 aromatic carbocycles. The molecular formula is C11H23ClNO3P. The first-order valence-corrected chi connectivity index (χ1v) is 8.25. The summed E-state index contributed by atoms with van der Waals surface area (Å²) >= 11 is 5.68. The lowest BCUT2D eigenvalue weighted by molar-refractivity contribution is -0.145. The molecule has 0 aliphatic carbocycles. The fourth-order valence-corrected chi connectivity index (χ4v) is 2.57. The predicted octanol–water partition coefficient (Wildman–Crippen LogP) is 2.90. The van der Waals surface area contributed by atoms with Crippen molar-refractivity contribution in [1.29, 1.82) is 0 Å². The minimum absolute atomic E-state index is 0.229. The standard InChI is InChI=1S/C11H23ClNO3P/c1-4-6-9-15-11(14)10(7-8-12)13-17(3)16-5-2/h10,13H,4-9H2,1-3H3/t10-,17?/m0/s1. The number of hydrogen-bond acceptors (Lipinski definition) is 4. The van der Waals surface area contributed by atoms with Crippen LogP contribution < -0.4 is 5.09 Å². The summed E-state index contributed by atoms with van der Waals surface area (Å²) in [4.78, 5) is 11.8. The second-order valence-electron chi connectivity index (χ2n) is 3.60. The minimum atomic E-state index is -0.792. The summed E-state index contributed by atoms with van der Waals surface area (Å²) < 4.78 is 10.6. The number of nitrogens with one attached hydrogen (secondary N) is 1. The third kappa shape index (κ3) is 8.78. The van der Waals surface area contributed by atoms with Gasteiger partial charge in [0.25, 0.3) is 0 Å². The van der Waals surface area contributed by atoms with Gasteiger partial charge in [-0.15, -0.1) is 11.6 Å². The van der Waals surface area contributed by atoms with E-state index in [4.69, 9.17) is 20.9 Å². The van der Waals surface area contributed by atoms with E-state index in [1.807, 2.05) is 13.6 Å². The van der Waals surface area contributed by atoms with Crippen molar-refractivity contribution in [3.8, 4) is 0 Å². The highest BCUT2D eigenvalue weighted by Crippen LogP contribution is 2.27. The Kier molecular flexibility index (Phi) is 11.3. The van der Waals surface area contributed by atoms with Gasteiger partial charge in [0.05, 0.1) is 14.9 Å². The number of rotatable bonds is 10. The normalized spacial score (nSPS) is 14.4. The molecule has 0 amide bonds. The molecule has 6 heteroatoms. The van der Waals surface area contributed by atoms with Crippen LogP contribution in [0, 0.1) is 0 Å². The van der Waals surface area contributed by atoms with E-state index in [-0.39, 0.29) is 12.0 Å². The second-order valence-corrected chi connectivity index (χ2v) is 5.48. The molecule has 0 aromatic rings. The van der Waals surface area contributed by atoms with Crippen molar-refractivity contribution in [2.75, 3.05) is 25.8 Å². The number of unbranched alkanes of at least 4 members (excludes halogenated alkanes) is 1. The lowest BCUT2D eigenvalue weighted by Crippen LogP contribution is -2.35. The molecule has 0 saturated carbocycles. The van der Waals surface area contributed by atoms with Gasteiger partial charge in [-0.25, -0.2) is 0 Å². The van der Waals surface area contributed by atoms with E-state index in [9.17, 15) is 4.79 Å². The van der Waals surface area contributed by atoms with Crippen LogP contribution in [0.15, 0.2) is 0 Å². The molecular weight excluding hydrogens is 261 g/mol. The van der Waals surface area contributed by atoms with E-state index in [0.29, 0.717) is 25.5 Å². The van der Waals surface area contributed by atoms with Crippen molar-refractivity contribution in [2.45, 2.75) is 39.2 Å². The minimum Gasteiger partial charge on any atom is -0.465 e. The average Bonchev–Trinajstić information content (AvgIpc) is 2.29. The first-order valence-electron chi connectivity index (χ1n) is 6.01. The van der Waals surface area contributed by atoms with Crippen LogP contribution in [-0.4, -0.2) is 37.8 Å². The van der Waals surface area contributed by atoms with Gasteiger partial charge in [0, 0.05) is 12.5 Å². The van der Waals surface area contributed by atoms with Crippen molar-refractivity contribution in [3.05, 3.63) is 0 Å². The monoisotopic (exact) mass is 283 g/mol. The fraction of sp³-hybridized carbons (Fsp3) is 0.909. The Hall–Kier alpha value is 0.110. The van der Waals surface area contributed by atoms with Gasteiger partial charge in [-0.05, 0) is 26.4 Å². The van der Waals surface area contributed by atoms with Gasteiger partial charge in [-0.1, -0.05) is 13.3 Å². The summed E-state index contributed by atoms with van der Waals surface area (Å²) in [6.07, 6.45) is 2.47. The molecule has 102 valence electrons. The zero-order valence-electron chi connectivity index (χ0n) is 10.9. The second kappa shape index (κ2) is 11.2. The molecule has 0 aliphatic heterocycles. The van der Waals surface area contributed by atoms with E-state index < -0.39 is 8.30 Å². The molecule has 2 atom stereocenters. The zero-order valence-corrected chi connectivity index (χ0v) is 12.5. The van der Waals surface area contributed by atoms with Gasteiger partial charge in [-0.2, -0.15) is 0 Å². The molecule has 17 heavy (non-hydrogen) atoms. The van der Waals surface area contributed by atoms with Crippen molar-refractivity contribution < 1.29 is 14.1 Å². The molecule has 0 aliphatic rings. The van der Waals surface area contributed by atoms with E-state index in [1.165, 1.54) is 0 Å². The summed E-state index contributed by atoms with van der Waals surface area (Å²) in [7, 11) is -0.792. The van der Waals surface area contributed by atoms with E-state index in [2.05, 4.69) is 12.0 Å². The fourth-order valence-electron chi connectivity index (χ4n) is 1.21. The van der Waals surface area contributed by atoms with Crippen LogP contribution >= 0.6 is 19.9 Å². The highest BCUT2D eigenvalue weighted by Gasteiger charge is 2.21. The van der Waals surface area contributed by atoms with Crippen LogP contribution in [-0.2, 0) is 14.1 Å². The zero-order chi connectivity index (χ0) is 13.1. The van der Waals surface area contributed by atoms with Crippen molar-refractivity contribution in [3.63, 3.8) is 0 Å². The highest BCUT2D eigenvalue weighted by molar-refractivity contribution is 7.49. The Bertz CT molecular complexity index is 207. The Morgan fingerprint density at radius 2 is 2.18 bits per heavy atom. The summed E-state index contributed by atoms with van der Waals surface area (Å²) in [5.41, 5.74) is 0. The number of carbonyl (C=O) groups excluding carboxylic acids is 1. The van der Waals surface area contributed by atoms with Crippen LogP contribution in [0.2, 0.25) is 0 Å². The molecule has 0 rings (SSSR count). The quantitative estimate of drug-likeness (QED) is 0.290. The smallest absolute Gasteiger partial charge is 0.323 e. The number of ether oxygens (including phenoxy) is 1. The largest absolute Gasteiger partial charge is 0.465 e. The van der Waals surface area contributed by atoms with Crippen LogP contribution in [0.3, 0.4) is 0 Å². The Balaban J connectivity index is 4.06. The molecule has 0 spiro atoms. The Morgan fingerprint density at radius 3 is 2.71 bits per heavy atom. The maximum atomic E-state index is 11.8. The van der Waals surface area contributed by atoms with Gasteiger partial charge in [0.1, 0.15) is 6.04 Å². The highest BCUT2D eigenvalue weighted by atomic mass is 35.5. The molecule has 4 nitrogen and oxygen atoms in total. The van der Waals surface area contributed by atoms with Crippen molar-refractivity contribution >= 4 is 25.9 Å². The molecule has 0 aromatic heterocycles. The topological polar surface area (TPSA) is 47.6 Å². The summed E-state index contributed by atoms with van der Waals surface area (Å²) in [6, 6.07) is -0.355. The van der Waals surface area contributed by atoms with Crippen LogP contribution in [0.5, 0.6) is 0 Å². The lowest BCUT2D eigenvalue weighted by Gasteiger charge is -2.20. The van der Waals surface area contributed by atoms with Crippen LogP contribution in [0.1, 0.15) is 33.1 Å². The SMILES string of the molecule is CCCCOC(=O)[C@H](CCCl)NP(C)OCC. The Morgan fingerprint density at radius 1 is 1.47 bits per heavy atom. The molecule has 0 bridgehead atoms. The van der Waals surface area contributed by atoms with Gasteiger partial charge in [0.15, 0.2) is 0 Å². The van der Waals surface area contributed by atoms with E-state index in [1.54, 1.807) is 0 Å². The van der Waals surface area contributed by atoms with Crippen LogP contribution in [0.25, 0.3) is 0 Å². The summed E-state index contributed by atoms with van der Waals surface area (Å²) in [5.74, 6) is 0.198. The number of esters is 1. The van der Waals surface area contributed by atoms with Crippen molar-refractivity contribution in [2.24, 2.45) is 0 Å². The molecule has 0 heterocycles. The third-order valence-electron chi connectivity index (χ3n) is 2.08. The molecule has 1 N–H and O–H groups in total. The lowest BCUT2D eigenvalue weighted by atomic mass is 10.2. The van der Waals surface area contributed by atoms with E-state index >= 15 is 0 Å². The van der Waals surface area contributed by atoms with Gasteiger partial charge in [0.2, 0.25) is 0 Å². The molecule has 1 unspecified atom stereocenters. The van der Waals surface area contributed by atoms with E-state index in [0.717, 1.165) is 12.8 Å². The molecule has 0 radical (unpaired) electrons. The van der Waals surface area contributed by atoms with Gasteiger partial charge >= 0.3 is 5.97 Å². The number of hydrogen-bond donors (Lipinski definition) is 1. The number of halogens is 1. The Labute approximate surface area is 110 Å². The van der Waals surface area contributed by atoms with Gasteiger partial charge < -0.3 is 9.26 Å². The first-order chi connectivity index (χ1) is 8.15. The first kappa shape index (κ1) is 17.1. The van der Waals surface area contributed by atoms with Crippen LogP contribution in [0.4, 0.5) is 0 Å². The summed E-state index contributed by atoms with van der Waals surface area (Å²) in [6.45, 7) is 7.03. The molecule has 0 fully saturated rings. The van der Waals surface area contributed by atoms with Crippen molar-refractivity contribution in [1.82, 2.24) is 5.09 Å². The third-order valence-corrected chi connectivity index (χ3v) is 3.62. The number of alkyl halides is 1. The summed E-state index contributed by atoms with van der Waals surface area (Å²) in [5, 5.41) is 3.13. The predicted molar refractivity (Wildman–Crippen MR) is 72.6 cm³/mol. The maximum absolute atomic E-state index is 11.8. The number of carbonyl (C=O) groups is 1. The average molecular weight is 284 g/mol. The maximum Gasteiger partial charge on any atom is 0.323 e.